The molecule has 2 nitrogen and oxygen atoms in total. The zero-order valence-electron chi connectivity index (χ0n) is 68.0. The highest BCUT2D eigenvalue weighted by Crippen LogP contribution is 2.57. The Morgan fingerprint density at radius 3 is 0.632 bits per heavy atom. The summed E-state index contributed by atoms with van der Waals surface area (Å²) in [6, 6.07) is 95.4. The maximum Gasteiger partial charge on any atom is 0.0619 e. The van der Waals surface area contributed by atoms with Gasteiger partial charge in [0.15, 0.2) is 0 Å². The lowest BCUT2D eigenvalue weighted by Gasteiger charge is -2.36. The minimum Gasteiger partial charge on any atom is -0.309 e. The van der Waals surface area contributed by atoms with Crippen molar-refractivity contribution in [2.45, 2.75) is 209 Å². The Morgan fingerprint density at radius 1 is 0.170 bits per heavy atom. The van der Waals surface area contributed by atoms with Crippen LogP contribution < -0.4 is 9.80 Å². The van der Waals surface area contributed by atoms with Crippen molar-refractivity contribution in [3.05, 3.63) is 287 Å². The van der Waals surface area contributed by atoms with Crippen molar-refractivity contribution in [2.24, 2.45) is 0 Å². The van der Waals surface area contributed by atoms with E-state index < -0.39 is 0 Å². The van der Waals surface area contributed by atoms with Crippen LogP contribution in [0.25, 0.3) is 98.0 Å². The maximum atomic E-state index is 2.69. The third-order valence-electron chi connectivity index (χ3n) is 22.5. The second-order valence-electron chi connectivity index (χ2n) is 38.9. The summed E-state index contributed by atoms with van der Waals surface area (Å²) in [5.41, 5.74) is 23.2. The van der Waals surface area contributed by atoms with Crippen LogP contribution in [0.4, 0.5) is 34.1 Å². The van der Waals surface area contributed by atoms with E-state index in [0.29, 0.717) is 0 Å². The number of hydrogen-bond acceptors (Lipinski definition) is 2. The van der Waals surface area contributed by atoms with Crippen LogP contribution in [-0.2, 0) is 43.3 Å². The molecule has 0 fully saturated rings. The van der Waals surface area contributed by atoms with E-state index in [2.05, 4.69) is 419 Å². The predicted octanol–water partition coefficient (Wildman–Crippen LogP) is 30.9. The summed E-state index contributed by atoms with van der Waals surface area (Å²) in [4.78, 5) is 5.38. The Kier molecular flexibility index (Phi) is 18.0. The molecule has 0 aromatic heterocycles. The summed E-state index contributed by atoms with van der Waals surface area (Å²) in [5.74, 6) is 0. The molecule has 0 aliphatic carbocycles. The van der Waals surface area contributed by atoms with Crippen LogP contribution in [0.2, 0.25) is 0 Å². The molecule has 0 saturated heterocycles. The van der Waals surface area contributed by atoms with E-state index in [1.54, 1.807) is 0 Å². The Morgan fingerprint density at radius 2 is 0.377 bits per heavy atom. The first-order valence-electron chi connectivity index (χ1n) is 38.8. The molecule has 14 aromatic rings. The second-order valence-corrected chi connectivity index (χ2v) is 38.9. The first-order chi connectivity index (χ1) is 49.6. The first kappa shape index (κ1) is 73.2. The molecule has 0 aliphatic heterocycles. The zero-order chi connectivity index (χ0) is 75.9. The summed E-state index contributed by atoms with van der Waals surface area (Å²) >= 11 is 0. The smallest absolute Gasteiger partial charge is 0.0619 e. The Hall–Kier alpha value is -9.76. The van der Waals surface area contributed by atoms with Gasteiger partial charge in [0.2, 0.25) is 0 Å². The highest BCUT2D eigenvalue weighted by molar-refractivity contribution is 6.31. The number of hydrogen-bond donors (Lipinski definition) is 0. The van der Waals surface area contributed by atoms with Gasteiger partial charge in [-0.3, -0.25) is 0 Å². The van der Waals surface area contributed by atoms with Crippen molar-refractivity contribution < 1.29 is 0 Å². The number of nitrogens with zero attached hydrogens (tertiary/aromatic N) is 2. The summed E-state index contributed by atoms with van der Waals surface area (Å²) in [5, 5.41) is 14.3. The maximum absolute atomic E-state index is 2.69. The van der Waals surface area contributed by atoms with Crippen LogP contribution in [0.3, 0.4) is 0 Å². The monoisotopic (exact) mass is 1390 g/mol. The molecule has 14 aromatic carbocycles. The largest absolute Gasteiger partial charge is 0.309 e. The van der Waals surface area contributed by atoms with E-state index >= 15 is 0 Å². The topological polar surface area (TPSA) is 6.48 Å². The minimum atomic E-state index is -0.157. The molecule has 0 bridgehead atoms. The third-order valence-corrected chi connectivity index (χ3v) is 22.5. The highest BCUT2D eigenvalue weighted by Gasteiger charge is 2.34. The summed E-state index contributed by atoms with van der Waals surface area (Å²) in [6.07, 6.45) is 0. The van der Waals surface area contributed by atoms with Crippen LogP contribution in [0.15, 0.2) is 243 Å². The molecule has 0 atom stereocenters. The van der Waals surface area contributed by atoms with E-state index in [9.17, 15) is 0 Å². The van der Waals surface area contributed by atoms with E-state index in [1.807, 2.05) is 0 Å². The molecule has 2 heteroatoms. The van der Waals surface area contributed by atoms with Gasteiger partial charge in [0.05, 0.1) is 11.4 Å². The zero-order valence-corrected chi connectivity index (χ0v) is 68.0. The fraction of sp³-hybridized carbons (Fsp3) is 0.308. The second kappa shape index (κ2) is 26.0. The van der Waals surface area contributed by atoms with E-state index in [1.165, 1.54) is 143 Å². The van der Waals surface area contributed by atoms with Gasteiger partial charge in [-0.2, -0.15) is 0 Å². The summed E-state index contributed by atoms with van der Waals surface area (Å²) in [7, 11) is 0. The van der Waals surface area contributed by atoms with Crippen LogP contribution in [-0.4, -0.2) is 0 Å². The van der Waals surface area contributed by atoms with Crippen LogP contribution in [0.1, 0.15) is 211 Å². The molecule has 0 saturated carbocycles. The van der Waals surface area contributed by atoms with E-state index in [-0.39, 0.29) is 43.3 Å². The molecule has 0 heterocycles. The van der Waals surface area contributed by atoms with Gasteiger partial charge in [-0.1, -0.05) is 336 Å². The lowest BCUT2D eigenvalue weighted by molar-refractivity contribution is 0.567. The molecule has 0 radical (unpaired) electrons. The number of fused-ring (bicyclic) bond motifs is 6. The van der Waals surface area contributed by atoms with Gasteiger partial charge in [0, 0.05) is 44.3 Å². The molecule has 0 unspecified atom stereocenters. The molecular weight excluding hydrogens is 1280 g/mol. The molecule has 538 valence electrons. The van der Waals surface area contributed by atoms with Crippen molar-refractivity contribution in [1.82, 2.24) is 0 Å². The third kappa shape index (κ3) is 14.0. The Bertz CT molecular complexity index is 5150. The lowest BCUT2D eigenvalue weighted by Crippen LogP contribution is -2.21. The molecular formula is C104H112N2. The van der Waals surface area contributed by atoms with Gasteiger partial charge < -0.3 is 9.80 Å². The standard InChI is InChI=1S/C104H112N2/c1-97(2,3)73-53-74(98(4,5)6)58-81(57-73)105(82-59-75(99(7,8)9)54-76(60-82)100(10,11)12)95-89-39-31-29-37-85(89)93(87-47-45-71(51-91(87)95)69-43-41-65-33-25-27-35-67(65)49-69)94-86-38-30-32-40-90(86)96(92-52-72(46-48-88(92)94)70-44-42-66-34-26-28-36-68(66)50-70)106(83-61-77(101(13,14)15)55-78(62-83)102(16,17)18)84-63-79(103(19,20)21)56-80(64-84)104(22,23)24/h25-64H,1-24H3. The van der Waals surface area contributed by atoms with Crippen LogP contribution in [0.5, 0.6) is 0 Å². The molecule has 0 aliphatic rings. The van der Waals surface area contributed by atoms with Crippen LogP contribution in [0, 0.1) is 0 Å². The van der Waals surface area contributed by atoms with E-state index in [0.717, 1.165) is 34.1 Å². The quantitative estimate of drug-likeness (QED) is 0.133. The van der Waals surface area contributed by atoms with Crippen molar-refractivity contribution in [3.63, 3.8) is 0 Å². The molecule has 0 amide bonds. The average Bonchev–Trinajstić information content (AvgIpc) is 0.700. The summed E-state index contributed by atoms with van der Waals surface area (Å²) < 4.78 is 0. The van der Waals surface area contributed by atoms with Gasteiger partial charge >= 0.3 is 0 Å². The number of anilines is 6. The van der Waals surface area contributed by atoms with Gasteiger partial charge in [-0.05, 0) is 237 Å². The van der Waals surface area contributed by atoms with Gasteiger partial charge in [-0.25, -0.2) is 0 Å². The number of rotatable bonds is 9. The number of benzene rings is 14. The fourth-order valence-electron chi connectivity index (χ4n) is 15.7. The SMILES string of the molecule is CC(C)(C)c1cc(N(c2cc(C(C)(C)C)cc(C(C)(C)C)c2)c2c3ccccc3c(-c3c4ccccc4c(N(c4cc(C(C)(C)C)cc(C(C)(C)C)c4)c4cc(C(C)(C)C)cc(C(C)(C)C)c4)c4cc(-c5ccc6ccccc6c5)ccc34)c3ccc(-c4ccc5ccccc5c4)cc23)cc(C(C)(C)C)c1. The molecule has 0 spiro atoms. The van der Waals surface area contributed by atoms with Crippen molar-refractivity contribution in [3.8, 4) is 33.4 Å². The van der Waals surface area contributed by atoms with Crippen molar-refractivity contribution in [1.29, 1.82) is 0 Å². The Labute approximate surface area is 634 Å². The first-order valence-corrected chi connectivity index (χ1v) is 38.8. The minimum absolute atomic E-state index is 0.157. The van der Waals surface area contributed by atoms with Crippen LogP contribution >= 0.6 is 0 Å². The van der Waals surface area contributed by atoms with Gasteiger partial charge in [-0.15, -0.1) is 0 Å². The predicted molar refractivity (Wildman–Crippen MR) is 467 cm³/mol. The highest BCUT2D eigenvalue weighted by atomic mass is 15.2. The average molecular weight is 1390 g/mol. The summed E-state index contributed by atoms with van der Waals surface area (Å²) in [6.45, 7) is 57.0. The van der Waals surface area contributed by atoms with Gasteiger partial charge in [0.25, 0.3) is 0 Å². The van der Waals surface area contributed by atoms with E-state index in [4.69, 9.17) is 0 Å². The van der Waals surface area contributed by atoms with Crippen molar-refractivity contribution >= 4 is 98.8 Å². The van der Waals surface area contributed by atoms with Crippen molar-refractivity contribution in [2.75, 3.05) is 9.80 Å². The van der Waals surface area contributed by atoms with Gasteiger partial charge in [0.1, 0.15) is 0 Å². The lowest BCUT2D eigenvalue weighted by atomic mass is 9.79. The Balaban J connectivity index is 1.21. The normalized spacial score (nSPS) is 13.1. The molecule has 106 heavy (non-hydrogen) atoms. The molecule has 0 N–H and O–H groups in total. The molecule has 14 rings (SSSR count). The fourth-order valence-corrected chi connectivity index (χ4v) is 15.7.